The van der Waals surface area contributed by atoms with E-state index < -0.39 is 16.0 Å². The summed E-state index contributed by atoms with van der Waals surface area (Å²) in [5, 5.41) is 3.11. The topological polar surface area (TPSA) is 75.7 Å². The quantitative estimate of drug-likeness (QED) is 0.816. The van der Waals surface area contributed by atoms with Gasteiger partial charge < -0.3 is 10.1 Å². The van der Waals surface area contributed by atoms with Crippen LogP contribution in [0.15, 0.2) is 23.1 Å². The summed E-state index contributed by atoms with van der Waals surface area (Å²) >= 11 is 0. The Kier molecular flexibility index (Phi) is 4.42. The van der Waals surface area contributed by atoms with Crippen LogP contribution in [0, 0.1) is 6.92 Å². The van der Waals surface area contributed by atoms with E-state index in [0.717, 1.165) is 0 Å². The molecule has 2 rings (SSSR count). The minimum atomic E-state index is -3.57. The number of sulfonamides is 1. The van der Waals surface area contributed by atoms with Crippen molar-refractivity contribution in [3.63, 3.8) is 0 Å². The summed E-state index contributed by atoms with van der Waals surface area (Å²) in [6, 6.07) is 4.66. The Bertz CT molecular complexity index is 607. The van der Waals surface area contributed by atoms with Gasteiger partial charge in [-0.05, 0) is 24.6 Å². The van der Waals surface area contributed by atoms with Crippen molar-refractivity contribution in [3.05, 3.63) is 29.3 Å². The highest BCUT2D eigenvalue weighted by atomic mass is 32.2. The Hall–Kier alpha value is -1.44. The van der Waals surface area contributed by atoms with Crippen LogP contribution in [0.25, 0.3) is 0 Å². The number of methoxy groups -OCH3 is 1. The van der Waals surface area contributed by atoms with Crippen LogP contribution in [0.4, 0.5) is 0 Å². The van der Waals surface area contributed by atoms with Crippen LogP contribution in [-0.2, 0) is 14.8 Å². The molecule has 1 aliphatic heterocycles. The maximum atomic E-state index is 12.6. The van der Waals surface area contributed by atoms with Crippen molar-refractivity contribution in [1.82, 2.24) is 9.62 Å². The van der Waals surface area contributed by atoms with Gasteiger partial charge in [0.1, 0.15) is 0 Å². The van der Waals surface area contributed by atoms with Crippen molar-refractivity contribution in [2.45, 2.75) is 11.8 Å². The lowest BCUT2D eigenvalue weighted by Crippen LogP contribution is -2.46. The van der Waals surface area contributed by atoms with Crippen molar-refractivity contribution in [2.75, 3.05) is 33.3 Å². The van der Waals surface area contributed by atoms with Gasteiger partial charge in [0, 0.05) is 26.2 Å². The Balaban J connectivity index is 2.44. The molecule has 1 aromatic carbocycles. The molecule has 0 aliphatic carbocycles. The third kappa shape index (κ3) is 2.70. The highest BCUT2D eigenvalue weighted by Gasteiger charge is 2.28. The number of rotatable bonds is 3. The zero-order valence-corrected chi connectivity index (χ0v) is 12.4. The smallest absolute Gasteiger partial charge is 0.338 e. The molecule has 0 bridgehead atoms. The number of hydrogen-bond donors (Lipinski definition) is 1. The average molecular weight is 298 g/mol. The van der Waals surface area contributed by atoms with E-state index >= 15 is 0 Å². The molecule has 0 aromatic heterocycles. The summed E-state index contributed by atoms with van der Waals surface area (Å²) in [4.78, 5) is 11.8. The van der Waals surface area contributed by atoms with Crippen LogP contribution in [-0.4, -0.2) is 52.0 Å². The fourth-order valence-electron chi connectivity index (χ4n) is 2.25. The van der Waals surface area contributed by atoms with Gasteiger partial charge in [-0.2, -0.15) is 4.31 Å². The molecule has 0 spiro atoms. The molecule has 7 heteroatoms. The van der Waals surface area contributed by atoms with E-state index in [0.29, 0.717) is 31.7 Å². The molecule has 0 unspecified atom stereocenters. The molecule has 0 atom stereocenters. The number of nitrogens with zero attached hydrogens (tertiary/aromatic N) is 1. The molecule has 110 valence electrons. The molecule has 0 saturated carbocycles. The summed E-state index contributed by atoms with van der Waals surface area (Å²) in [6.07, 6.45) is 0. The largest absolute Gasteiger partial charge is 0.465 e. The summed E-state index contributed by atoms with van der Waals surface area (Å²) in [5.74, 6) is -0.528. The van der Waals surface area contributed by atoms with Crippen LogP contribution in [0.3, 0.4) is 0 Å². The number of hydrogen-bond acceptors (Lipinski definition) is 5. The third-order valence-corrected chi connectivity index (χ3v) is 5.43. The number of carbonyl (C=O) groups is 1. The zero-order chi connectivity index (χ0) is 14.8. The molecule has 1 aliphatic rings. The van der Waals surface area contributed by atoms with Gasteiger partial charge in [-0.15, -0.1) is 0 Å². The molecule has 1 saturated heterocycles. The maximum absolute atomic E-state index is 12.6. The van der Waals surface area contributed by atoms with Crippen molar-refractivity contribution >= 4 is 16.0 Å². The van der Waals surface area contributed by atoms with Gasteiger partial charge in [0.25, 0.3) is 0 Å². The van der Waals surface area contributed by atoms with Crippen molar-refractivity contribution in [3.8, 4) is 0 Å². The van der Waals surface area contributed by atoms with Crippen LogP contribution in [0.5, 0.6) is 0 Å². The third-order valence-electron chi connectivity index (χ3n) is 3.38. The molecule has 6 nitrogen and oxygen atoms in total. The van der Waals surface area contributed by atoms with E-state index in [4.69, 9.17) is 0 Å². The SMILES string of the molecule is COC(=O)c1cccc(S(=O)(=O)N2CCNCC2)c1C. The number of nitrogens with one attached hydrogen (secondary N) is 1. The van der Waals surface area contributed by atoms with Gasteiger partial charge in [-0.1, -0.05) is 6.07 Å². The normalized spacial score (nSPS) is 16.9. The summed E-state index contributed by atoms with van der Waals surface area (Å²) in [6.45, 7) is 3.76. The lowest BCUT2D eigenvalue weighted by atomic mass is 10.1. The zero-order valence-electron chi connectivity index (χ0n) is 11.5. The first-order valence-electron chi connectivity index (χ1n) is 6.37. The van der Waals surface area contributed by atoms with E-state index in [2.05, 4.69) is 10.1 Å². The van der Waals surface area contributed by atoms with Gasteiger partial charge in [0.15, 0.2) is 0 Å². The lowest BCUT2D eigenvalue weighted by Gasteiger charge is -2.27. The summed E-state index contributed by atoms with van der Waals surface area (Å²) in [7, 11) is -2.29. The summed E-state index contributed by atoms with van der Waals surface area (Å²) in [5.41, 5.74) is 0.710. The Morgan fingerprint density at radius 3 is 2.55 bits per heavy atom. The summed E-state index contributed by atoms with van der Waals surface area (Å²) < 4.78 is 31.3. The monoisotopic (exact) mass is 298 g/mol. The highest BCUT2D eigenvalue weighted by Crippen LogP contribution is 2.23. The van der Waals surface area contributed by atoms with Crippen LogP contribution in [0.2, 0.25) is 0 Å². The fourth-order valence-corrected chi connectivity index (χ4v) is 3.94. The first-order chi connectivity index (χ1) is 9.48. The first kappa shape index (κ1) is 15.0. The Morgan fingerprint density at radius 2 is 1.95 bits per heavy atom. The lowest BCUT2D eigenvalue weighted by molar-refractivity contribution is 0.0599. The molecular weight excluding hydrogens is 280 g/mol. The maximum Gasteiger partial charge on any atom is 0.338 e. The second kappa shape index (κ2) is 5.90. The molecule has 1 fully saturated rings. The van der Waals surface area contributed by atoms with E-state index in [-0.39, 0.29) is 10.5 Å². The van der Waals surface area contributed by atoms with Crippen molar-refractivity contribution in [1.29, 1.82) is 0 Å². The number of ether oxygens (including phenoxy) is 1. The van der Waals surface area contributed by atoms with Gasteiger partial charge in [-0.3, -0.25) is 0 Å². The van der Waals surface area contributed by atoms with Crippen LogP contribution < -0.4 is 5.32 Å². The van der Waals surface area contributed by atoms with Gasteiger partial charge in [-0.25, -0.2) is 13.2 Å². The van der Waals surface area contributed by atoms with E-state index in [1.807, 2.05) is 0 Å². The van der Waals surface area contributed by atoms with Gasteiger partial charge in [0.05, 0.1) is 17.6 Å². The standard InChI is InChI=1S/C13H18N2O4S/c1-10-11(13(16)19-2)4-3-5-12(10)20(17,18)15-8-6-14-7-9-15/h3-5,14H,6-9H2,1-2H3. The second-order valence-electron chi connectivity index (χ2n) is 4.57. The molecule has 0 amide bonds. The van der Waals surface area contributed by atoms with E-state index in [1.54, 1.807) is 19.1 Å². The predicted octanol–water partition coefficient (Wildman–Crippen LogP) is 0.376. The molecule has 1 aromatic rings. The minimum absolute atomic E-state index is 0.169. The Labute approximate surface area is 118 Å². The van der Waals surface area contributed by atoms with E-state index in [1.165, 1.54) is 17.5 Å². The second-order valence-corrected chi connectivity index (χ2v) is 6.48. The Morgan fingerprint density at radius 1 is 1.30 bits per heavy atom. The molecule has 0 radical (unpaired) electrons. The minimum Gasteiger partial charge on any atom is -0.465 e. The number of piperazine rings is 1. The fraction of sp³-hybridized carbons (Fsp3) is 0.462. The average Bonchev–Trinajstić information content (AvgIpc) is 2.47. The first-order valence-corrected chi connectivity index (χ1v) is 7.81. The van der Waals surface area contributed by atoms with Gasteiger partial charge >= 0.3 is 5.97 Å². The molecular formula is C13H18N2O4S. The van der Waals surface area contributed by atoms with Gasteiger partial charge in [0.2, 0.25) is 10.0 Å². The molecule has 20 heavy (non-hydrogen) atoms. The number of esters is 1. The number of carbonyl (C=O) groups excluding carboxylic acids is 1. The van der Waals surface area contributed by atoms with Crippen molar-refractivity contribution in [2.24, 2.45) is 0 Å². The molecule has 1 heterocycles. The predicted molar refractivity (Wildman–Crippen MR) is 74.1 cm³/mol. The van der Waals surface area contributed by atoms with Crippen molar-refractivity contribution < 1.29 is 17.9 Å². The van der Waals surface area contributed by atoms with Crippen LogP contribution >= 0.6 is 0 Å². The highest BCUT2D eigenvalue weighted by molar-refractivity contribution is 7.89. The van der Waals surface area contributed by atoms with Crippen LogP contribution in [0.1, 0.15) is 15.9 Å². The number of benzene rings is 1. The molecule has 1 N–H and O–H groups in total. The van der Waals surface area contributed by atoms with E-state index in [9.17, 15) is 13.2 Å².